The Kier molecular flexibility index (Phi) is 6.14. The molecule has 136 valence electrons. The molecule has 0 saturated heterocycles. The number of hydrogen-bond acceptors (Lipinski definition) is 4. The highest BCUT2D eigenvalue weighted by Crippen LogP contribution is 2.22. The Morgan fingerprint density at radius 1 is 1.00 bits per heavy atom. The molecule has 0 aliphatic carbocycles. The lowest BCUT2D eigenvalue weighted by atomic mass is 10.2. The molecule has 2 N–H and O–H groups in total. The van der Waals surface area contributed by atoms with E-state index < -0.39 is 0 Å². The SMILES string of the molecule is COc1ccccc1NC(=NCc1ccccn1)NC(=O)c1ccccc1. The van der Waals surface area contributed by atoms with Gasteiger partial charge >= 0.3 is 0 Å². The van der Waals surface area contributed by atoms with Crippen molar-refractivity contribution >= 4 is 17.6 Å². The third kappa shape index (κ3) is 5.15. The third-order valence-corrected chi connectivity index (χ3v) is 3.75. The van der Waals surface area contributed by atoms with Crippen LogP contribution in [0.3, 0.4) is 0 Å². The van der Waals surface area contributed by atoms with E-state index in [1.807, 2.05) is 60.7 Å². The van der Waals surface area contributed by atoms with Crippen molar-refractivity contribution < 1.29 is 9.53 Å². The van der Waals surface area contributed by atoms with E-state index in [2.05, 4.69) is 20.6 Å². The van der Waals surface area contributed by atoms with E-state index in [9.17, 15) is 4.79 Å². The zero-order chi connectivity index (χ0) is 18.9. The molecule has 0 atom stereocenters. The highest BCUT2D eigenvalue weighted by Gasteiger charge is 2.11. The van der Waals surface area contributed by atoms with E-state index in [1.165, 1.54) is 0 Å². The van der Waals surface area contributed by atoms with Gasteiger partial charge in [-0.25, -0.2) is 4.99 Å². The molecule has 1 amide bonds. The molecule has 3 rings (SSSR count). The van der Waals surface area contributed by atoms with Crippen LogP contribution < -0.4 is 15.4 Å². The van der Waals surface area contributed by atoms with Gasteiger partial charge in [-0.05, 0) is 36.4 Å². The number of benzene rings is 2. The van der Waals surface area contributed by atoms with Gasteiger partial charge in [0, 0.05) is 11.8 Å². The smallest absolute Gasteiger partial charge is 0.257 e. The largest absolute Gasteiger partial charge is 0.495 e. The number of amides is 1. The van der Waals surface area contributed by atoms with Crippen molar-refractivity contribution in [3.8, 4) is 5.75 Å². The summed E-state index contributed by atoms with van der Waals surface area (Å²) >= 11 is 0. The van der Waals surface area contributed by atoms with Gasteiger partial charge in [-0.3, -0.25) is 15.1 Å². The van der Waals surface area contributed by atoms with Gasteiger partial charge in [0.15, 0.2) is 0 Å². The number of aromatic nitrogens is 1. The van der Waals surface area contributed by atoms with Crippen LogP contribution in [-0.2, 0) is 6.54 Å². The fourth-order valence-corrected chi connectivity index (χ4v) is 2.41. The molecule has 0 aliphatic heterocycles. The molecule has 0 bridgehead atoms. The number of rotatable bonds is 5. The second-order valence-corrected chi connectivity index (χ2v) is 5.63. The van der Waals surface area contributed by atoms with Crippen LogP contribution in [0.15, 0.2) is 84.0 Å². The Hall–Kier alpha value is -3.67. The Balaban J connectivity index is 1.82. The number of methoxy groups -OCH3 is 1. The average molecular weight is 360 g/mol. The van der Waals surface area contributed by atoms with Crippen LogP contribution in [0, 0.1) is 0 Å². The number of aliphatic imine (C=N–C) groups is 1. The number of ether oxygens (including phenoxy) is 1. The minimum atomic E-state index is -0.252. The lowest BCUT2D eigenvalue weighted by molar-refractivity contribution is 0.0977. The maximum Gasteiger partial charge on any atom is 0.257 e. The summed E-state index contributed by atoms with van der Waals surface area (Å²) in [6, 6.07) is 22.0. The zero-order valence-corrected chi connectivity index (χ0v) is 14.9. The minimum Gasteiger partial charge on any atom is -0.495 e. The van der Waals surface area contributed by atoms with Crippen LogP contribution in [0.5, 0.6) is 5.75 Å². The minimum absolute atomic E-state index is 0.252. The molecule has 0 spiro atoms. The summed E-state index contributed by atoms with van der Waals surface area (Å²) in [5.74, 6) is 0.716. The number of carbonyl (C=O) groups excluding carboxylic acids is 1. The van der Waals surface area contributed by atoms with E-state index in [0.29, 0.717) is 29.5 Å². The van der Waals surface area contributed by atoms with Crippen molar-refractivity contribution in [1.82, 2.24) is 10.3 Å². The van der Waals surface area contributed by atoms with E-state index in [4.69, 9.17) is 4.74 Å². The van der Waals surface area contributed by atoms with Crippen molar-refractivity contribution in [3.63, 3.8) is 0 Å². The molecule has 2 aromatic carbocycles. The summed E-state index contributed by atoms with van der Waals surface area (Å²) in [5.41, 5.74) is 2.05. The molecule has 3 aromatic rings. The standard InChI is InChI=1S/C21H20N4O2/c1-27-19-13-6-5-12-18(19)24-21(23-15-17-11-7-8-14-22-17)25-20(26)16-9-3-2-4-10-16/h2-14H,15H2,1H3,(H2,23,24,25,26). The van der Waals surface area contributed by atoms with Crippen LogP contribution in [0.2, 0.25) is 0 Å². The fourth-order valence-electron chi connectivity index (χ4n) is 2.41. The van der Waals surface area contributed by atoms with Gasteiger partial charge in [0.2, 0.25) is 5.96 Å². The monoisotopic (exact) mass is 360 g/mol. The molecule has 6 heteroatoms. The number of anilines is 1. The van der Waals surface area contributed by atoms with Crippen LogP contribution in [0.4, 0.5) is 5.69 Å². The highest BCUT2D eigenvalue weighted by atomic mass is 16.5. The summed E-state index contributed by atoms with van der Waals surface area (Å²) < 4.78 is 5.36. The average Bonchev–Trinajstić information content (AvgIpc) is 2.73. The number of nitrogens with zero attached hydrogens (tertiary/aromatic N) is 2. The van der Waals surface area contributed by atoms with Crippen LogP contribution in [-0.4, -0.2) is 24.0 Å². The summed E-state index contributed by atoms with van der Waals surface area (Å²) in [5, 5.41) is 5.95. The summed E-state index contributed by atoms with van der Waals surface area (Å²) in [7, 11) is 1.59. The van der Waals surface area contributed by atoms with Gasteiger partial charge in [0.1, 0.15) is 5.75 Å². The van der Waals surface area contributed by atoms with E-state index in [0.717, 1.165) is 5.69 Å². The molecule has 6 nitrogen and oxygen atoms in total. The molecule has 0 radical (unpaired) electrons. The van der Waals surface area contributed by atoms with Crippen molar-refractivity contribution in [3.05, 3.63) is 90.3 Å². The first-order valence-electron chi connectivity index (χ1n) is 8.47. The van der Waals surface area contributed by atoms with E-state index in [-0.39, 0.29) is 5.91 Å². The van der Waals surface area contributed by atoms with Gasteiger partial charge in [-0.15, -0.1) is 0 Å². The van der Waals surface area contributed by atoms with Crippen molar-refractivity contribution in [2.45, 2.75) is 6.54 Å². The molecule has 0 aliphatic rings. The second-order valence-electron chi connectivity index (χ2n) is 5.63. The maximum absolute atomic E-state index is 12.5. The van der Waals surface area contributed by atoms with Gasteiger partial charge in [0.05, 0.1) is 25.0 Å². The van der Waals surface area contributed by atoms with Crippen LogP contribution in [0.1, 0.15) is 16.1 Å². The Labute approximate surface area is 157 Å². The lowest BCUT2D eigenvalue weighted by Gasteiger charge is -2.14. The highest BCUT2D eigenvalue weighted by molar-refractivity contribution is 6.10. The summed E-state index contributed by atoms with van der Waals surface area (Å²) in [4.78, 5) is 21.3. The first-order chi connectivity index (χ1) is 13.3. The predicted octanol–water partition coefficient (Wildman–Crippen LogP) is 3.49. The molecule has 0 unspecified atom stereocenters. The number of carbonyl (C=O) groups is 1. The normalized spacial score (nSPS) is 10.9. The van der Waals surface area contributed by atoms with E-state index >= 15 is 0 Å². The number of guanidine groups is 1. The topological polar surface area (TPSA) is 75.6 Å². The molecular formula is C21H20N4O2. The Bertz CT molecular complexity index is 912. The van der Waals surface area contributed by atoms with Gasteiger partial charge in [-0.1, -0.05) is 36.4 Å². The van der Waals surface area contributed by atoms with Gasteiger partial charge in [-0.2, -0.15) is 0 Å². The van der Waals surface area contributed by atoms with Crippen LogP contribution in [0.25, 0.3) is 0 Å². The molecule has 0 fully saturated rings. The molecule has 1 aromatic heterocycles. The van der Waals surface area contributed by atoms with Crippen LogP contribution >= 0.6 is 0 Å². The Morgan fingerprint density at radius 2 is 1.74 bits per heavy atom. The first kappa shape index (κ1) is 18.1. The van der Waals surface area contributed by atoms with Gasteiger partial charge in [0.25, 0.3) is 5.91 Å². The van der Waals surface area contributed by atoms with Gasteiger partial charge < -0.3 is 10.1 Å². The molecular weight excluding hydrogens is 340 g/mol. The van der Waals surface area contributed by atoms with Crippen molar-refractivity contribution in [2.75, 3.05) is 12.4 Å². The second kappa shape index (κ2) is 9.15. The van der Waals surface area contributed by atoms with E-state index in [1.54, 1.807) is 25.4 Å². The third-order valence-electron chi connectivity index (χ3n) is 3.75. The summed E-state index contributed by atoms with van der Waals surface area (Å²) in [6.07, 6.45) is 1.71. The quantitative estimate of drug-likeness (QED) is 0.539. The zero-order valence-electron chi connectivity index (χ0n) is 14.9. The lowest BCUT2D eigenvalue weighted by Crippen LogP contribution is -2.36. The molecule has 1 heterocycles. The number of nitrogens with one attached hydrogen (secondary N) is 2. The maximum atomic E-state index is 12.5. The predicted molar refractivity (Wildman–Crippen MR) is 106 cm³/mol. The fraction of sp³-hybridized carbons (Fsp3) is 0.0952. The van der Waals surface area contributed by atoms with Crippen molar-refractivity contribution in [1.29, 1.82) is 0 Å². The molecule has 27 heavy (non-hydrogen) atoms. The van der Waals surface area contributed by atoms with Crippen molar-refractivity contribution in [2.24, 2.45) is 4.99 Å². The molecule has 0 saturated carbocycles. The Morgan fingerprint density at radius 3 is 2.48 bits per heavy atom. The first-order valence-corrected chi connectivity index (χ1v) is 8.47. The number of pyridine rings is 1. The number of hydrogen-bond donors (Lipinski definition) is 2. The summed E-state index contributed by atoms with van der Waals surface area (Å²) in [6.45, 7) is 0.327. The number of para-hydroxylation sites is 2.